The number of hydrogen-bond donors (Lipinski definition) is 1. The molecule has 0 radical (unpaired) electrons. The van der Waals surface area contributed by atoms with Crippen LogP contribution in [0.25, 0.3) is 0 Å². The Morgan fingerprint density at radius 2 is 2.00 bits per heavy atom. The number of nitrogens with two attached hydrogens (primary N) is 1. The number of hydrogen-bond acceptors (Lipinski definition) is 4. The molecule has 2 N–H and O–H groups in total. The van der Waals surface area contributed by atoms with Crippen LogP contribution < -0.4 is 10.6 Å². The van der Waals surface area contributed by atoms with E-state index in [9.17, 15) is 0 Å². The number of benzene rings is 1. The fourth-order valence-corrected chi connectivity index (χ4v) is 2.70. The third-order valence-corrected chi connectivity index (χ3v) is 3.74. The molecule has 0 bridgehead atoms. The Morgan fingerprint density at radius 3 is 2.79 bits per heavy atom. The molecule has 1 aromatic heterocycles. The lowest BCUT2D eigenvalue weighted by Gasteiger charge is -2.31. The van der Waals surface area contributed by atoms with Gasteiger partial charge in [-0.15, -0.1) is 0 Å². The Morgan fingerprint density at radius 1 is 1.21 bits per heavy atom. The lowest BCUT2D eigenvalue weighted by Crippen LogP contribution is -2.32. The predicted molar refractivity (Wildman–Crippen MR) is 77.0 cm³/mol. The van der Waals surface area contributed by atoms with Crippen LogP contribution in [0.1, 0.15) is 23.6 Å². The van der Waals surface area contributed by atoms with Crippen molar-refractivity contribution < 1.29 is 0 Å². The van der Waals surface area contributed by atoms with Crippen LogP contribution >= 0.6 is 0 Å². The van der Waals surface area contributed by atoms with Gasteiger partial charge in [-0.3, -0.25) is 0 Å². The Kier molecular flexibility index (Phi) is 3.07. The number of rotatable bonds is 2. The SMILES string of the molecule is CCc1c(N)ncnc1N1CCc2ccccc2C1. The summed E-state index contributed by atoms with van der Waals surface area (Å²) in [5.41, 5.74) is 9.84. The summed E-state index contributed by atoms with van der Waals surface area (Å²) in [6, 6.07) is 8.60. The lowest BCUT2D eigenvalue weighted by atomic mass is 9.99. The van der Waals surface area contributed by atoms with Gasteiger partial charge in [0.1, 0.15) is 18.0 Å². The molecule has 1 aliphatic rings. The van der Waals surface area contributed by atoms with Gasteiger partial charge in [0.05, 0.1) is 0 Å². The van der Waals surface area contributed by atoms with Crippen LogP contribution in [-0.4, -0.2) is 16.5 Å². The van der Waals surface area contributed by atoms with Crippen LogP contribution in [0.4, 0.5) is 11.6 Å². The topological polar surface area (TPSA) is 55.0 Å². The predicted octanol–water partition coefficient (Wildman–Crippen LogP) is 2.18. The second-order valence-electron chi connectivity index (χ2n) is 4.85. The van der Waals surface area contributed by atoms with E-state index in [1.54, 1.807) is 6.33 Å². The molecule has 2 heterocycles. The molecule has 0 saturated carbocycles. The van der Waals surface area contributed by atoms with Crippen LogP contribution in [-0.2, 0) is 19.4 Å². The first-order valence-electron chi connectivity index (χ1n) is 6.70. The molecule has 19 heavy (non-hydrogen) atoms. The number of anilines is 2. The molecule has 0 unspecified atom stereocenters. The van der Waals surface area contributed by atoms with Crippen molar-refractivity contribution in [1.82, 2.24) is 9.97 Å². The largest absolute Gasteiger partial charge is 0.383 e. The quantitative estimate of drug-likeness (QED) is 0.892. The summed E-state index contributed by atoms with van der Waals surface area (Å²) < 4.78 is 0. The molecular formula is C15H18N4. The Balaban J connectivity index is 1.95. The fourth-order valence-electron chi connectivity index (χ4n) is 2.70. The lowest BCUT2D eigenvalue weighted by molar-refractivity contribution is 0.714. The second kappa shape index (κ2) is 4.88. The zero-order valence-corrected chi connectivity index (χ0v) is 11.1. The van der Waals surface area contributed by atoms with Gasteiger partial charge in [-0.1, -0.05) is 31.2 Å². The van der Waals surface area contributed by atoms with Crippen molar-refractivity contribution in [2.45, 2.75) is 26.3 Å². The molecule has 1 aromatic carbocycles. The maximum absolute atomic E-state index is 5.96. The highest BCUT2D eigenvalue weighted by Crippen LogP contribution is 2.27. The van der Waals surface area contributed by atoms with Crippen LogP contribution in [0.3, 0.4) is 0 Å². The number of nitrogens with zero attached hydrogens (tertiary/aromatic N) is 3. The van der Waals surface area contributed by atoms with Gasteiger partial charge >= 0.3 is 0 Å². The molecule has 3 rings (SSSR count). The summed E-state index contributed by atoms with van der Waals surface area (Å²) in [5.74, 6) is 1.59. The van der Waals surface area contributed by atoms with Crippen LogP contribution in [0.5, 0.6) is 0 Å². The summed E-state index contributed by atoms with van der Waals surface area (Å²) in [6.07, 6.45) is 3.48. The van der Waals surface area contributed by atoms with Gasteiger partial charge in [0.25, 0.3) is 0 Å². The monoisotopic (exact) mass is 254 g/mol. The highest BCUT2D eigenvalue weighted by molar-refractivity contribution is 5.57. The zero-order valence-electron chi connectivity index (χ0n) is 11.1. The van der Waals surface area contributed by atoms with Crippen molar-refractivity contribution in [2.75, 3.05) is 17.2 Å². The van der Waals surface area contributed by atoms with Crippen LogP contribution in [0.15, 0.2) is 30.6 Å². The van der Waals surface area contributed by atoms with E-state index in [0.29, 0.717) is 5.82 Å². The molecular weight excluding hydrogens is 236 g/mol. The number of fused-ring (bicyclic) bond motifs is 1. The van der Waals surface area contributed by atoms with Gasteiger partial charge in [-0.25, -0.2) is 9.97 Å². The zero-order chi connectivity index (χ0) is 13.2. The van der Waals surface area contributed by atoms with Gasteiger partial charge in [0, 0.05) is 18.7 Å². The molecule has 0 amide bonds. The maximum Gasteiger partial charge on any atom is 0.137 e. The molecule has 0 atom stereocenters. The van der Waals surface area contributed by atoms with Crippen LogP contribution in [0.2, 0.25) is 0 Å². The highest BCUT2D eigenvalue weighted by atomic mass is 15.2. The summed E-state index contributed by atoms with van der Waals surface area (Å²) in [7, 11) is 0. The minimum absolute atomic E-state index is 0.603. The minimum Gasteiger partial charge on any atom is -0.383 e. The Bertz CT molecular complexity index is 594. The third kappa shape index (κ3) is 2.14. The molecule has 2 aromatic rings. The van der Waals surface area contributed by atoms with Crippen molar-refractivity contribution in [2.24, 2.45) is 0 Å². The summed E-state index contributed by atoms with van der Waals surface area (Å²) >= 11 is 0. The van der Waals surface area contributed by atoms with E-state index in [2.05, 4.69) is 46.1 Å². The smallest absolute Gasteiger partial charge is 0.137 e. The first-order valence-corrected chi connectivity index (χ1v) is 6.70. The van der Waals surface area contributed by atoms with E-state index >= 15 is 0 Å². The fraction of sp³-hybridized carbons (Fsp3) is 0.333. The minimum atomic E-state index is 0.603. The van der Waals surface area contributed by atoms with Crippen molar-refractivity contribution >= 4 is 11.6 Å². The number of aromatic nitrogens is 2. The molecule has 0 aliphatic carbocycles. The first-order chi connectivity index (χ1) is 9.29. The molecule has 0 spiro atoms. The van der Waals surface area contributed by atoms with E-state index in [1.165, 1.54) is 11.1 Å². The molecule has 4 nitrogen and oxygen atoms in total. The van der Waals surface area contributed by atoms with E-state index < -0.39 is 0 Å². The molecule has 0 fully saturated rings. The molecule has 4 heteroatoms. The highest BCUT2D eigenvalue weighted by Gasteiger charge is 2.20. The van der Waals surface area contributed by atoms with E-state index in [1.807, 2.05) is 0 Å². The van der Waals surface area contributed by atoms with Gasteiger partial charge < -0.3 is 10.6 Å². The van der Waals surface area contributed by atoms with E-state index in [0.717, 1.165) is 37.3 Å². The average molecular weight is 254 g/mol. The van der Waals surface area contributed by atoms with Gasteiger partial charge in [0.15, 0.2) is 0 Å². The van der Waals surface area contributed by atoms with Gasteiger partial charge in [0.2, 0.25) is 0 Å². The van der Waals surface area contributed by atoms with Crippen molar-refractivity contribution in [3.05, 3.63) is 47.3 Å². The molecule has 0 saturated heterocycles. The van der Waals surface area contributed by atoms with Gasteiger partial charge in [-0.2, -0.15) is 0 Å². The van der Waals surface area contributed by atoms with Gasteiger partial charge in [-0.05, 0) is 24.0 Å². The third-order valence-electron chi connectivity index (χ3n) is 3.74. The summed E-state index contributed by atoms with van der Waals surface area (Å²) in [4.78, 5) is 10.8. The Hall–Kier alpha value is -2.10. The van der Waals surface area contributed by atoms with Crippen molar-refractivity contribution in [1.29, 1.82) is 0 Å². The second-order valence-corrected chi connectivity index (χ2v) is 4.85. The van der Waals surface area contributed by atoms with E-state index in [4.69, 9.17) is 5.73 Å². The summed E-state index contributed by atoms with van der Waals surface area (Å²) in [6.45, 7) is 3.98. The molecule has 1 aliphatic heterocycles. The summed E-state index contributed by atoms with van der Waals surface area (Å²) in [5, 5.41) is 0. The number of nitrogen functional groups attached to an aromatic ring is 1. The van der Waals surface area contributed by atoms with Crippen LogP contribution in [0, 0.1) is 0 Å². The molecule has 98 valence electrons. The van der Waals surface area contributed by atoms with E-state index in [-0.39, 0.29) is 0 Å². The maximum atomic E-state index is 5.96. The first kappa shape index (κ1) is 12.0. The Labute approximate surface area is 113 Å². The standard InChI is InChI=1S/C15H18N4/c1-2-13-14(16)17-10-18-15(13)19-8-7-11-5-3-4-6-12(11)9-19/h3-6,10H,2,7-9H2,1H3,(H2,16,17,18). The van der Waals surface area contributed by atoms with Crippen molar-refractivity contribution in [3.63, 3.8) is 0 Å². The average Bonchev–Trinajstić information content (AvgIpc) is 2.46. The van der Waals surface area contributed by atoms with Crippen molar-refractivity contribution in [3.8, 4) is 0 Å². The normalized spacial score (nSPS) is 14.3.